The molecule has 1 aromatic rings. The van der Waals surface area contributed by atoms with Crippen LogP contribution >= 0.6 is 0 Å². The average molecular weight is 320 g/mol. The van der Waals surface area contributed by atoms with Gasteiger partial charge in [-0.05, 0) is 19.4 Å². The fourth-order valence-electron chi connectivity index (χ4n) is 3.29. The van der Waals surface area contributed by atoms with Crippen molar-refractivity contribution in [3.05, 3.63) is 18.5 Å². The zero-order chi connectivity index (χ0) is 16.1. The number of hydrogen-bond acceptors (Lipinski definition) is 6. The molecule has 2 aliphatic rings. The van der Waals surface area contributed by atoms with Crippen LogP contribution in [0.4, 0.5) is 5.95 Å². The van der Waals surface area contributed by atoms with Gasteiger partial charge in [0.05, 0.1) is 13.2 Å². The Hall–Kier alpha value is -1.73. The Balaban J connectivity index is 1.67. The van der Waals surface area contributed by atoms with Crippen molar-refractivity contribution in [1.29, 1.82) is 0 Å². The van der Waals surface area contributed by atoms with Gasteiger partial charge in [0.1, 0.15) is 6.61 Å². The molecule has 1 aromatic heterocycles. The van der Waals surface area contributed by atoms with Gasteiger partial charge in [-0.15, -0.1) is 0 Å². The highest BCUT2D eigenvalue weighted by molar-refractivity contribution is 5.77. The predicted octanol–water partition coefficient (Wildman–Crippen LogP) is 0.568. The minimum Gasteiger partial charge on any atom is -0.379 e. The minimum absolute atomic E-state index is 0.0441. The van der Waals surface area contributed by atoms with Gasteiger partial charge in [0, 0.05) is 50.6 Å². The molecular weight excluding hydrogens is 296 g/mol. The number of ether oxygens (including phenoxy) is 2. The second kappa shape index (κ2) is 7.23. The van der Waals surface area contributed by atoms with E-state index in [4.69, 9.17) is 9.47 Å². The highest BCUT2D eigenvalue weighted by Gasteiger charge is 2.42. The molecule has 0 aromatic carbocycles. The van der Waals surface area contributed by atoms with Gasteiger partial charge < -0.3 is 19.3 Å². The van der Waals surface area contributed by atoms with E-state index >= 15 is 0 Å². The maximum Gasteiger partial charge on any atom is 0.248 e. The van der Waals surface area contributed by atoms with E-state index < -0.39 is 0 Å². The number of nitrogens with zero attached hydrogens (tertiary/aromatic N) is 4. The summed E-state index contributed by atoms with van der Waals surface area (Å²) in [7, 11) is 0. The van der Waals surface area contributed by atoms with E-state index in [1.165, 1.54) is 0 Å². The van der Waals surface area contributed by atoms with Gasteiger partial charge in [-0.2, -0.15) is 0 Å². The lowest BCUT2D eigenvalue weighted by atomic mass is 9.87. The van der Waals surface area contributed by atoms with Crippen LogP contribution < -0.4 is 4.90 Å². The summed E-state index contributed by atoms with van der Waals surface area (Å²) < 4.78 is 11.1. The molecule has 7 nitrogen and oxygen atoms in total. The molecule has 3 heterocycles. The van der Waals surface area contributed by atoms with Crippen molar-refractivity contribution < 1.29 is 14.3 Å². The summed E-state index contributed by atoms with van der Waals surface area (Å²) in [5.74, 6) is 0.798. The van der Waals surface area contributed by atoms with Crippen LogP contribution in [0.1, 0.15) is 13.3 Å². The van der Waals surface area contributed by atoms with Crippen LogP contribution in [-0.2, 0) is 14.3 Å². The Kier molecular flexibility index (Phi) is 5.07. The van der Waals surface area contributed by atoms with E-state index in [-0.39, 0.29) is 17.9 Å². The Labute approximate surface area is 136 Å². The van der Waals surface area contributed by atoms with E-state index in [1.807, 2.05) is 17.9 Å². The number of aromatic nitrogens is 2. The van der Waals surface area contributed by atoms with Gasteiger partial charge in [-0.3, -0.25) is 4.79 Å². The van der Waals surface area contributed by atoms with Crippen LogP contribution in [0.15, 0.2) is 18.5 Å². The topological polar surface area (TPSA) is 67.8 Å². The van der Waals surface area contributed by atoms with Crippen LogP contribution in [0, 0.1) is 5.41 Å². The molecule has 2 fully saturated rings. The summed E-state index contributed by atoms with van der Waals surface area (Å²) in [4.78, 5) is 25.0. The van der Waals surface area contributed by atoms with Crippen LogP contribution in [0.2, 0.25) is 0 Å². The van der Waals surface area contributed by atoms with Crippen molar-refractivity contribution in [2.24, 2.45) is 5.41 Å². The zero-order valence-corrected chi connectivity index (χ0v) is 13.6. The first-order chi connectivity index (χ1) is 11.2. The summed E-state index contributed by atoms with van der Waals surface area (Å²) in [6.45, 7) is 6.91. The number of amides is 1. The minimum atomic E-state index is -0.0441. The molecule has 1 amide bonds. The standard InChI is InChI=1S/C16H24N4O3/c1-2-22-10-14(21)19-8-9-23-13-16(11-19)4-7-20(12-16)15-17-5-3-6-18-15/h3,5-6H,2,4,7-13H2,1H3/t16-/m1/s1. The van der Waals surface area contributed by atoms with Gasteiger partial charge in [0.2, 0.25) is 11.9 Å². The quantitative estimate of drug-likeness (QED) is 0.808. The molecule has 1 spiro atoms. The van der Waals surface area contributed by atoms with Crippen molar-refractivity contribution in [2.75, 3.05) is 57.5 Å². The number of anilines is 1. The molecule has 1 atom stereocenters. The second-order valence-electron chi connectivity index (χ2n) is 6.23. The van der Waals surface area contributed by atoms with E-state index in [9.17, 15) is 4.79 Å². The molecule has 23 heavy (non-hydrogen) atoms. The third kappa shape index (κ3) is 3.79. The van der Waals surface area contributed by atoms with E-state index in [1.54, 1.807) is 12.4 Å². The summed E-state index contributed by atoms with van der Waals surface area (Å²) in [6.07, 6.45) is 4.49. The fourth-order valence-corrected chi connectivity index (χ4v) is 3.29. The van der Waals surface area contributed by atoms with E-state index in [0.29, 0.717) is 32.9 Å². The monoisotopic (exact) mass is 320 g/mol. The van der Waals surface area contributed by atoms with Crippen LogP contribution in [0.25, 0.3) is 0 Å². The number of carbonyl (C=O) groups is 1. The highest BCUT2D eigenvalue weighted by atomic mass is 16.5. The SMILES string of the molecule is CCOCC(=O)N1CCOC[C@]2(CCN(c3ncccn3)C2)C1. The molecule has 0 N–H and O–H groups in total. The summed E-state index contributed by atoms with van der Waals surface area (Å²) >= 11 is 0. The molecule has 7 heteroatoms. The lowest BCUT2D eigenvalue weighted by molar-refractivity contribution is -0.137. The van der Waals surface area contributed by atoms with Crippen molar-refractivity contribution in [3.8, 4) is 0 Å². The average Bonchev–Trinajstić information content (AvgIpc) is 2.88. The lowest BCUT2D eigenvalue weighted by Crippen LogP contribution is -2.44. The number of carbonyl (C=O) groups excluding carboxylic acids is 1. The molecule has 2 aliphatic heterocycles. The first kappa shape index (κ1) is 16.1. The molecule has 0 bridgehead atoms. The molecule has 2 saturated heterocycles. The first-order valence-electron chi connectivity index (χ1n) is 8.18. The number of rotatable bonds is 4. The Morgan fingerprint density at radius 1 is 1.35 bits per heavy atom. The molecule has 0 saturated carbocycles. The Morgan fingerprint density at radius 2 is 2.17 bits per heavy atom. The normalized spacial score (nSPS) is 24.9. The van der Waals surface area contributed by atoms with Gasteiger partial charge >= 0.3 is 0 Å². The van der Waals surface area contributed by atoms with E-state index in [2.05, 4.69) is 14.9 Å². The third-order valence-electron chi connectivity index (χ3n) is 4.50. The van der Waals surface area contributed by atoms with Crippen LogP contribution in [0.3, 0.4) is 0 Å². The first-order valence-corrected chi connectivity index (χ1v) is 8.18. The van der Waals surface area contributed by atoms with Crippen molar-refractivity contribution in [1.82, 2.24) is 14.9 Å². The maximum absolute atomic E-state index is 12.3. The Bertz CT molecular complexity index is 527. The molecule has 0 radical (unpaired) electrons. The van der Waals surface area contributed by atoms with Crippen LogP contribution in [-0.4, -0.2) is 73.4 Å². The second-order valence-corrected chi connectivity index (χ2v) is 6.23. The van der Waals surface area contributed by atoms with Crippen LogP contribution in [0.5, 0.6) is 0 Å². The molecule has 0 aliphatic carbocycles. The van der Waals surface area contributed by atoms with Crippen molar-refractivity contribution in [2.45, 2.75) is 13.3 Å². The van der Waals surface area contributed by atoms with Gasteiger partial charge in [-0.1, -0.05) is 0 Å². The predicted molar refractivity (Wildman–Crippen MR) is 85.2 cm³/mol. The van der Waals surface area contributed by atoms with Gasteiger partial charge in [0.15, 0.2) is 0 Å². The number of hydrogen-bond donors (Lipinski definition) is 0. The third-order valence-corrected chi connectivity index (χ3v) is 4.50. The van der Waals surface area contributed by atoms with Crippen molar-refractivity contribution in [3.63, 3.8) is 0 Å². The van der Waals surface area contributed by atoms with Gasteiger partial charge in [0.25, 0.3) is 0 Å². The largest absolute Gasteiger partial charge is 0.379 e. The summed E-state index contributed by atoms with van der Waals surface area (Å²) in [6, 6.07) is 1.82. The molecule has 0 unspecified atom stereocenters. The fraction of sp³-hybridized carbons (Fsp3) is 0.688. The molecule has 126 valence electrons. The zero-order valence-electron chi connectivity index (χ0n) is 13.6. The van der Waals surface area contributed by atoms with E-state index in [0.717, 1.165) is 25.5 Å². The summed E-state index contributed by atoms with van der Waals surface area (Å²) in [5, 5.41) is 0. The smallest absolute Gasteiger partial charge is 0.248 e. The Morgan fingerprint density at radius 3 is 2.96 bits per heavy atom. The van der Waals surface area contributed by atoms with Crippen molar-refractivity contribution >= 4 is 11.9 Å². The molecular formula is C16H24N4O3. The maximum atomic E-state index is 12.3. The summed E-state index contributed by atoms with van der Waals surface area (Å²) in [5.41, 5.74) is -0.0441. The molecule has 3 rings (SSSR count). The van der Waals surface area contributed by atoms with Gasteiger partial charge in [-0.25, -0.2) is 9.97 Å². The highest BCUT2D eigenvalue weighted by Crippen LogP contribution is 2.34. The lowest BCUT2D eigenvalue weighted by Gasteiger charge is -2.31.